The van der Waals surface area contributed by atoms with Crippen LogP contribution in [0, 0.1) is 17.5 Å². The molecule has 2 nitrogen and oxygen atoms in total. The monoisotopic (exact) mass is 295 g/mol. The molecule has 0 amide bonds. The summed E-state index contributed by atoms with van der Waals surface area (Å²) in [4.78, 5) is 0. The summed E-state index contributed by atoms with van der Waals surface area (Å²) in [6.45, 7) is 3.15. The summed E-state index contributed by atoms with van der Waals surface area (Å²) in [6.07, 6.45) is 0. The number of rotatable bonds is 5. The van der Waals surface area contributed by atoms with Crippen LogP contribution in [-0.4, -0.2) is 13.7 Å². The van der Waals surface area contributed by atoms with E-state index in [1.807, 2.05) is 6.92 Å². The van der Waals surface area contributed by atoms with Gasteiger partial charge in [0.05, 0.1) is 7.11 Å². The highest BCUT2D eigenvalue weighted by molar-refractivity contribution is 5.69. The van der Waals surface area contributed by atoms with Crippen LogP contribution in [0.4, 0.5) is 13.2 Å². The van der Waals surface area contributed by atoms with Gasteiger partial charge in [-0.3, -0.25) is 0 Å². The molecule has 0 aliphatic heterocycles. The number of methoxy groups -OCH3 is 1. The SMILES string of the molecule is CCNCc1cc(OC)ccc1-c1cc(F)c(F)cc1F. The molecule has 0 atom stereocenters. The first-order valence-electron chi connectivity index (χ1n) is 6.59. The molecule has 2 aromatic carbocycles. The third-order valence-corrected chi connectivity index (χ3v) is 3.18. The maximum absolute atomic E-state index is 13.9. The highest BCUT2D eigenvalue weighted by Gasteiger charge is 2.15. The lowest BCUT2D eigenvalue weighted by Crippen LogP contribution is -2.13. The number of halogens is 3. The Labute approximate surface area is 121 Å². The van der Waals surface area contributed by atoms with Gasteiger partial charge in [0.15, 0.2) is 11.6 Å². The molecule has 0 fully saturated rings. The van der Waals surface area contributed by atoms with E-state index in [1.54, 1.807) is 18.2 Å². The fourth-order valence-corrected chi connectivity index (χ4v) is 2.09. The highest BCUT2D eigenvalue weighted by Crippen LogP contribution is 2.30. The Bertz CT molecular complexity index is 644. The van der Waals surface area contributed by atoms with Crippen LogP contribution in [0.25, 0.3) is 11.1 Å². The molecule has 0 radical (unpaired) electrons. The summed E-state index contributed by atoms with van der Waals surface area (Å²) < 4.78 is 45.5. The Hall–Kier alpha value is -2.01. The van der Waals surface area contributed by atoms with Crippen LogP contribution in [0.5, 0.6) is 5.75 Å². The molecule has 21 heavy (non-hydrogen) atoms. The van der Waals surface area contributed by atoms with Crippen LogP contribution in [-0.2, 0) is 6.54 Å². The van der Waals surface area contributed by atoms with Crippen LogP contribution in [0.15, 0.2) is 30.3 Å². The lowest BCUT2D eigenvalue weighted by Gasteiger charge is -2.13. The van der Waals surface area contributed by atoms with E-state index in [2.05, 4.69) is 5.32 Å². The number of nitrogens with one attached hydrogen (secondary N) is 1. The maximum Gasteiger partial charge on any atom is 0.161 e. The zero-order valence-electron chi connectivity index (χ0n) is 11.8. The second-order valence-corrected chi connectivity index (χ2v) is 4.55. The van der Waals surface area contributed by atoms with E-state index in [-0.39, 0.29) is 5.56 Å². The second kappa shape index (κ2) is 6.63. The molecule has 112 valence electrons. The fraction of sp³-hybridized carbons (Fsp3) is 0.250. The minimum atomic E-state index is -1.20. The van der Waals surface area contributed by atoms with E-state index >= 15 is 0 Å². The first-order chi connectivity index (χ1) is 10.1. The van der Waals surface area contributed by atoms with Crippen molar-refractivity contribution in [2.24, 2.45) is 0 Å². The third-order valence-electron chi connectivity index (χ3n) is 3.18. The van der Waals surface area contributed by atoms with Gasteiger partial charge >= 0.3 is 0 Å². The van der Waals surface area contributed by atoms with Gasteiger partial charge in [-0.15, -0.1) is 0 Å². The normalized spacial score (nSPS) is 10.7. The number of hydrogen-bond acceptors (Lipinski definition) is 2. The molecule has 2 aromatic rings. The summed E-state index contributed by atoms with van der Waals surface area (Å²) in [5, 5.41) is 3.13. The second-order valence-electron chi connectivity index (χ2n) is 4.55. The van der Waals surface area contributed by atoms with Gasteiger partial charge in [-0.1, -0.05) is 13.0 Å². The van der Waals surface area contributed by atoms with Gasteiger partial charge in [-0.25, -0.2) is 13.2 Å². The highest BCUT2D eigenvalue weighted by atomic mass is 19.2. The van der Waals surface area contributed by atoms with E-state index in [0.717, 1.165) is 18.2 Å². The van der Waals surface area contributed by atoms with Crippen molar-refractivity contribution in [2.45, 2.75) is 13.5 Å². The van der Waals surface area contributed by atoms with Gasteiger partial charge in [-0.2, -0.15) is 0 Å². The van der Waals surface area contributed by atoms with Crippen molar-refractivity contribution in [1.82, 2.24) is 5.32 Å². The summed E-state index contributed by atoms with van der Waals surface area (Å²) in [5.74, 6) is -2.44. The Kier molecular flexibility index (Phi) is 4.85. The largest absolute Gasteiger partial charge is 0.497 e. The van der Waals surface area contributed by atoms with E-state index in [4.69, 9.17) is 4.74 Å². The number of benzene rings is 2. The first kappa shape index (κ1) is 15.4. The summed E-state index contributed by atoms with van der Waals surface area (Å²) in [6, 6.07) is 6.49. The topological polar surface area (TPSA) is 21.3 Å². The van der Waals surface area contributed by atoms with Gasteiger partial charge in [0.25, 0.3) is 0 Å². The average molecular weight is 295 g/mol. The van der Waals surface area contributed by atoms with Gasteiger partial charge in [0.1, 0.15) is 11.6 Å². The van der Waals surface area contributed by atoms with E-state index in [1.165, 1.54) is 7.11 Å². The van der Waals surface area contributed by atoms with Crippen LogP contribution in [0.1, 0.15) is 12.5 Å². The molecule has 0 bridgehead atoms. The van der Waals surface area contributed by atoms with Crippen LogP contribution in [0.3, 0.4) is 0 Å². The van der Waals surface area contributed by atoms with Crippen LogP contribution in [0.2, 0.25) is 0 Å². The van der Waals surface area contributed by atoms with Crippen molar-refractivity contribution in [2.75, 3.05) is 13.7 Å². The van der Waals surface area contributed by atoms with Gasteiger partial charge in [0.2, 0.25) is 0 Å². The van der Waals surface area contributed by atoms with Crippen molar-refractivity contribution in [3.8, 4) is 16.9 Å². The molecule has 0 aromatic heterocycles. The molecule has 2 rings (SSSR count). The Morgan fingerprint density at radius 2 is 1.67 bits per heavy atom. The molecule has 0 saturated heterocycles. The van der Waals surface area contributed by atoms with Gasteiger partial charge in [-0.05, 0) is 35.9 Å². The van der Waals surface area contributed by atoms with Gasteiger partial charge in [0, 0.05) is 18.2 Å². The molecule has 0 aliphatic carbocycles. The summed E-state index contributed by atoms with van der Waals surface area (Å²) >= 11 is 0. The zero-order chi connectivity index (χ0) is 15.4. The first-order valence-corrected chi connectivity index (χ1v) is 6.59. The molecule has 0 unspecified atom stereocenters. The molecule has 1 N–H and O–H groups in total. The van der Waals surface area contributed by atoms with E-state index in [0.29, 0.717) is 23.9 Å². The molecular weight excluding hydrogens is 279 g/mol. The lowest BCUT2D eigenvalue weighted by atomic mass is 9.98. The van der Waals surface area contributed by atoms with E-state index < -0.39 is 17.5 Å². The van der Waals surface area contributed by atoms with Crippen LogP contribution >= 0.6 is 0 Å². The molecule has 0 heterocycles. The predicted molar refractivity (Wildman–Crippen MR) is 75.7 cm³/mol. The standard InChI is InChI=1S/C16H16F3NO/c1-3-20-9-10-6-11(21-2)4-5-12(10)13-7-15(18)16(19)8-14(13)17/h4-8,20H,3,9H2,1-2H3. The Morgan fingerprint density at radius 1 is 0.952 bits per heavy atom. The Balaban J connectivity index is 2.54. The van der Waals surface area contributed by atoms with E-state index in [9.17, 15) is 13.2 Å². The predicted octanol–water partition coefficient (Wildman–Crippen LogP) is 3.89. The van der Waals surface area contributed by atoms with Crippen molar-refractivity contribution in [3.63, 3.8) is 0 Å². The quantitative estimate of drug-likeness (QED) is 0.845. The van der Waals surface area contributed by atoms with Crippen molar-refractivity contribution >= 4 is 0 Å². The van der Waals surface area contributed by atoms with Crippen molar-refractivity contribution in [3.05, 3.63) is 53.3 Å². The van der Waals surface area contributed by atoms with Crippen LogP contribution < -0.4 is 10.1 Å². The minimum Gasteiger partial charge on any atom is -0.497 e. The lowest BCUT2D eigenvalue weighted by molar-refractivity contribution is 0.414. The molecular formula is C16H16F3NO. The molecule has 5 heteroatoms. The third kappa shape index (κ3) is 3.36. The molecule has 0 saturated carbocycles. The smallest absolute Gasteiger partial charge is 0.161 e. The van der Waals surface area contributed by atoms with Crippen molar-refractivity contribution < 1.29 is 17.9 Å². The number of hydrogen-bond donors (Lipinski definition) is 1. The molecule has 0 spiro atoms. The summed E-state index contributed by atoms with van der Waals surface area (Å²) in [7, 11) is 1.53. The fourth-order valence-electron chi connectivity index (χ4n) is 2.09. The molecule has 0 aliphatic rings. The number of ether oxygens (including phenoxy) is 1. The van der Waals surface area contributed by atoms with Gasteiger partial charge < -0.3 is 10.1 Å². The van der Waals surface area contributed by atoms with Crippen molar-refractivity contribution in [1.29, 1.82) is 0 Å². The minimum absolute atomic E-state index is 0.0319. The summed E-state index contributed by atoms with van der Waals surface area (Å²) in [5.41, 5.74) is 1.29. The maximum atomic E-state index is 13.9. The zero-order valence-corrected chi connectivity index (χ0v) is 11.8. The average Bonchev–Trinajstić information content (AvgIpc) is 2.48. The Morgan fingerprint density at radius 3 is 2.33 bits per heavy atom.